The standard InChI is InChI=1S/C33H50O10/c1-9-24(10-2)15-25(34)14-19(4)13-18(3)11-12-26(35)21(6)28(37)16-27(36)20(5)23(8)42-30(39)17-29(38)31-22(7)32(40)43-33(31)41/h9,15,18-21,23,26-27,29,35-36,38H,1,10-14,16-17H2,2-8H3/t18-,19+,20+,21-,23+,26-,27?,29+/m0/s1. The zero-order chi connectivity index (χ0) is 33.0. The van der Waals surface area contributed by atoms with Crippen LogP contribution in [0.15, 0.2) is 35.5 Å². The van der Waals surface area contributed by atoms with Gasteiger partial charge in [0.25, 0.3) is 0 Å². The Morgan fingerprint density at radius 1 is 0.907 bits per heavy atom. The van der Waals surface area contributed by atoms with Gasteiger partial charge in [0.15, 0.2) is 5.78 Å². The molecule has 0 aliphatic carbocycles. The van der Waals surface area contributed by atoms with Gasteiger partial charge in [-0.3, -0.25) is 14.4 Å². The fourth-order valence-electron chi connectivity index (χ4n) is 5.10. The molecule has 10 heteroatoms. The zero-order valence-corrected chi connectivity index (χ0v) is 26.6. The number of rotatable bonds is 20. The van der Waals surface area contributed by atoms with Gasteiger partial charge in [0.1, 0.15) is 11.9 Å². The number of ketones is 2. The van der Waals surface area contributed by atoms with Gasteiger partial charge in [0.2, 0.25) is 0 Å². The minimum Gasteiger partial charge on any atom is -0.462 e. The van der Waals surface area contributed by atoms with E-state index in [-0.39, 0.29) is 41.0 Å². The summed E-state index contributed by atoms with van der Waals surface area (Å²) in [5.41, 5.74) is 0.552. The molecule has 8 atom stereocenters. The van der Waals surface area contributed by atoms with Crippen molar-refractivity contribution in [1.82, 2.24) is 0 Å². The van der Waals surface area contributed by atoms with Crippen LogP contribution in [-0.2, 0) is 33.4 Å². The molecule has 1 unspecified atom stereocenters. The lowest BCUT2D eigenvalue weighted by molar-refractivity contribution is -0.154. The van der Waals surface area contributed by atoms with Gasteiger partial charge in [-0.2, -0.15) is 0 Å². The Kier molecular flexibility index (Phi) is 15.9. The van der Waals surface area contributed by atoms with E-state index in [0.717, 1.165) is 18.4 Å². The van der Waals surface area contributed by atoms with Crippen molar-refractivity contribution in [3.05, 3.63) is 35.5 Å². The van der Waals surface area contributed by atoms with Crippen LogP contribution in [0.25, 0.3) is 0 Å². The molecule has 0 amide bonds. The molecule has 0 radical (unpaired) electrons. The summed E-state index contributed by atoms with van der Waals surface area (Å²) in [6.45, 7) is 15.8. The molecule has 0 bridgehead atoms. The molecule has 1 rings (SSSR count). The maximum Gasteiger partial charge on any atom is 0.345 e. The largest absolute Gasteiger partial charge is 0.462 e. The highest BCUT2D eigenvalue weighted by molar-refractivity contribution is 6.12. The van der Waals surface area contributed by atoms with Crippen LogP contribution in [0, 0.1) is 23.7 Å². The minimum absolute atomic E-state index is 0.0736. The molecule has 43 heavy (non-hydrogen) atoms. The Labute approximate surface area is 255 Å². The van der Waals surface area contributed by atoms with E-state index < -0.39 is 60.6 Å². The van der Waals surface area contributed by atoms with Gasteiger partial charge in [0.05, 0.1) is 30.3 Å². The third-order valence-corrected chi connectivity index (χ3v) is 8.30. The maximum absolute atomic E-state index is 12.8. The van der Waals surface area contributed by atoms with Crippen molar-refractivity contribution in [2.75, 3.05) is 0 Å². The van der Waals surface area contributed by atoms with Gasteiger partial charge >= 0.3 is 17.9 Å². The number of cyclic esters (lactones) is 2. The van der Waals surface area contributed by atoms with Crippen molar-refractivity contribution >= 4 is 29.5 Å². The van der Waals surface area contributed by atoms with Gasteiger partial charge in [-0.05, 0) is 63.0 Å². The highest BCUT2D eigenvalue weighted by Gasteiger charge is 2.36. The van der Waals surface area contributed by atoms with Crippen molar-refractivity contribution in [2.45, 2.75) is 118 Å². The number of carbonyl (C=O) groups excluding carboxylic acids is 5. The Morgan fingerprint density at radius 3 is 2.07 bits per heavy atom. The van der Waals surface area contributed by atoms with Crippen LogP contribution in [-0.4, -0.2) is 69.2 Å². The van der Waals surface area contributed by atoms with Crippen LogP contribution in [0.4, 0.5) is 0 Å². The van der Waals surface area contributed by atoms with Gasteiger partial charge in [-0.1, -0.05) is 47.3 Å². The summed E-state index contributed by atoms with van der Waals surface area (Å²) in [5, 5.41) is 31.5. The van der Waals surface area contributed by atoms with Crippen molar-refractivity contribution in [2.24, 2.45) is 23.7 Å². The van der Waals surface area contributed by atoms with E-state index in [1.165, 1.54) is 13.8 Å². The average Bonchev–Trinajstić information content (AvgIpc) is 3.19. The normalized spacial score (nSPS) is 19.5. The van der Waals surface area contributed by atoms with E-state index >= 15 is 0 Å². The lowest BCUT2D eigenvalue weighted by Crippen LogP contribution is -2.36. The van der Waals surface area contributed by atoms with Crippen molar-refractivity contribution in [1.29, 1.82) is 0 Å². The van der Waals surface area contributed by atoms with Crippen LogP contribution >= 0.6 is 0 Å². The summed E-state index contributed by atoms with van der Waals surface area (Å²) in [6.07, 6.45) is 1.16. The molecule has 0 saturated heterocycles. The van der Waals surface area contributed by atoms with Crippen molar-refractivity contribution in [3.8, 4) is 0 Å². The van der Waals surface area contributed by atoms with E-state index in [1.54, 1.807) is 26.0 Å². The van der Waals surface area contributed by atoms with Crippen LogP contribution in [0.1, 0.15) is 93.4 Å². The van der Waals surface area contributed by atoms with Crippen molar-refractivity contribution in [3.63, 3.8) is 0 Å². The zero-order valence-electron chi connectivity index (χ0n) is 26.6. The molecule has 0 aromatic heterocycles. The first kappa shape index (κ1) is 38.1. The third kappa shape index (κ3) is 12.3. The van der Waals surface area contributed by atoms with E-state index in [2.05, 4.69) is 18.2 Å². The lowest BCUT2D eigenvalue weighted by atomic mass is 9.85. The number of ether oxygens (including phenoxy) is 2. The van der Waals surface area contributed by atoms with Gasteiger partial charge in [0, 0.05) is 30.3 Å². The molecule has 1 aliphatic heterocycles. The number of esters is 3. The Hall–Kier alpha value is -2.95. The van der Waals surface area contributed by atoms with Crippen LogP contribution < -0.4 is 0 Å². The van der Waals surface area contributed by atoms with Gasteiger partial charge in [-0.15, -0.1) is 0 Å². The second-order valence-corrected chi connectivity index (χ2v) is 12.1. The fourth-order valence-corrected chi connectivity index (χ4v) is 5.10. The predicted molar refractivity (Wildman–Crippen MR) is 160 cm³/mol. The smallest absolute Gasteiger partial charge is 0.345 e. The third-order valence-electron chi connectivity index (χ3n) is 8.30. The SMILES string of the molecule is C=CC(=CC(=O)C[C@H](C)C[C@@H](C)CC[C@H](O)[C@H](C)C(=O)CC(O)[C@H](C)[C@@H](C)OC(=O)C[C@@H](O)C1=C(C)C(=O)OC1=O)CC. The summed E-state index contributed by atoms with van der Waals surface area (Å²) in [6, 6.07) is 0. The molecule has 1 heterocycles. The fraction of sp³-hybridized carbons (Fsp3) is 0.667. The number of aliphatic hydroxyl groups is 3. The minimum atomic E-state index is -1.58. The van der Waals surface area contributed by atoms with Crippen LogP contribution in [0.2, 0.25) is 0 Å². The summed E-state index contributed by atoms with van der Waals surface area (Å²) in [7, 11) is 0. The Morgan fingerprint density at radius 2 is 1.53 bits per heavy atom. The van der Waals surface area contributed by atoms with Crippen LogP contribution in [0.3, 0.4) is 0 Å². The number of hydrogen-bond acceptors (Lipinski definition) is 10. The maximum atomic E-state index is 12.8. The lowest BCUT2D eigenvalue weighted by Gasteiger charge is -2.27. The van der Waals surface area contributed by atoms with E-state index in [4.69, 9.17) is 4.74 Å². The summed E-state index contributed by atoms with van der Waals surface area (Å²) in [4.78, 5) is 60.6. The molecule has 0 aromatic carbocycles. The Bertz CT molecular complexity index is 1090. The summed E-state index contributed by atoms with van der Waals surface area (Å²) >= 11 is 0. The van der Waals surface area contributed by atoms with Gasteiger partial charge in [-0.25, -0.2) is 9.59 Å². The number of carbonyl (C=O) groups is 5. The second kappa shape index (κ2) is 18.0. The number of aliphatic hydroxyl groups excluding tert-OH is 3. The molecule has 0 aromatic rings. The monoisotopic (exact) mass is 606 g/mol. The van der Waals surface area contributed by atoms with Gasteiger partial charge < -0.3 is 24.8 Å². The molecule has 3 N–H and O–H groups in total. The van der Waals surface area contributed by atoms with Crippen molar-refractivity contribution < 1.29 is 48.8 Å². The molecule has 1 aliphatic rings. The Balaban J connectivity index is 2.51. The predicted octanol–water partition coefficient (Wildman–Crippen LogP) is 3.95. The number of Topliss-reactive ketones (excluding diaryl/α,β-unsaturated/α-hetero) is 1. The molecule has 0 saturated carbocycles. The average molecular weight is 607 g/mol. The van der Waals surface area contributed by atoms with E-state index in [9.17, 15) is 39.3 Å². The molecule has 0 fully saturated rings. The molecular weight excluding hydrogens is 556 g/mol. The van der Waals surface area contributed by atoms with E-state index in [1.807, 2.05) is 13.8 Å². The molecule has 242 valence electrons. The van der Waals surface area contributed by atoms with Crippen LogP contribution in [0.5, 0.6) is 0 Å². The van der Waals surface area contributed by atoms with E-state index in [0.29, 0.717) is 19.3 Å². The highest BCUT2D eigenvalue weighted by Crippen LogP contribution is 2.25. The summed E-state index contributed by atoms with van der Waals surface area (Å²) in [5.74, 6) is -3.91. The molecular formula is C33H50O10. The number of allylic oxidation sites excluding steroid dienone is 3. The summed E-state index contributed by atoms with van der Waals surface area (Å²) < 4.78 is 9.71. The molecule has 0 spiro atoms. The first-order valence-electron chi connectivity index (χ1n) is 15.1. The first-order chi connectivity index (χ1) is 20.0. The highest BCUT2D eigenvalue weighted by atomic mass is 16.6. The molecule has 10 nitrogen and oxygen atoms in total. The topological polar surface area (TPSA) is 164 Å². The second-order valence-electron chi connectivity index (χ2n) is 12.1. The first-order valence-corrected chi connectivity index (χ1v) is 15.1. The number of hydrogen-bond donors (Lipinski definition) is 3. The quantitative estimate of drug-likeness (QED) is 0.0800.